The molecule has 1 saturated heterocycles. The van der Waals surface area contributed by atoms with E-state index in [9.17, 15) is 14.4 Å². The van der Waals surface area contributed by atoms with Crippen LogP contribution >= 0.6 is 23.1 Å². The second-order valence-electron chi connectivity index (χ2n) is 6.88. The molecule has 4 rings (SSSR count). The van der Waals surface area contributed by atoms with Crippen molar-refractivity contribution in [2.45, 2.75) is 24.0 Å². The van der Waals surface area contributed by atoms with E-state index in [2.05, 4.69) is 26.1 Å². The topological polar surface area (TPSA) is 113 Å². The molecule has 11 heteroatoms. The monoisotopic (exact) mass is 447 g/mol. The molecule has 2 aliphatic rings. The van der Waals surface area contributed by atoms with Crippen molar-refractivity contribution in [3.63, 3.8) is 0 Å². The van der Waals surface area contributed by atoms with Crippen molar-refractivity contribution >= 4 is 51.6 Å². The Balaban J connectivity index is 1.39. The highest BCUT2D eigenvalue weighted by atomic mass is 32.2. The van der Waals surface area contributed by atoms with Crippen molar-refractivity contribution in [2.75, 3.05) is 36.5 Å². The predicted molar refractivity (Wildman–Crippen MR) is 115 cm³/mol. The molecule has 0 spiro atoms. The SMILES string of the molecule is Cc1nc(N2CCOCC2)sc1C(=O)NNC(=O)c1ccc2c(c1)NC(=O)[C@H](C)S2. The fourth-order valence-electron chi connectivity index (χ4n) is 3.08. The van der Waals surface area contributed by atoms with Crippen LogP contribution in [0.4, 0.5) is 10.8 Å². The maximum atomic E-state index is 12.6. The molecular weight excluding hydrogens is 426 g/mol. The van der Waals surface area contributed by atoms with E-state index in [4.69, 9.17) is 4.74 Å². The summed E-state index contributed by atoms with van der Waals surface area (Å²) in [6.07, 6.45) is 0. The number of rotatable bonds is 3. The first kappa shape index (κ1) is 20.6. The van der Waals surface area contributed by atoms with E-state index < -0.39 is 11.8 Å². The number of carbonyl (C=O) groups is 3. The summed E-state index contributed by atoms with van der Waals surface area (Å²) in [5.74, 6) is -0.997. The number of carbonyl (C=O) groups excluding carboxylic acids is 3. The van der Waals surface area contributed by atoms with Crippen molar-refractivity contribution in [3.05, 3.63) is 34.3 Å². The molecule has 30 heavy (non-hydrogen) atoms. The average Bonchev–Trinajstić information content (AvgIpc) is 3.14. The lowest BCUT2D eigenvalue weighted by atomic mass is 10.2. The van der Waals surface area contributed by atoms with Gasteiger partial charge in [0.25, 0.3) is 11.8 Å². The van der Waals surface area contributed by atoms with E-state index >= 15 is 0 Å². The van der Waals surface area contributed by atoms with Gasteiger partial charge in [-0.3, -0.25) is 25.2 Å². The zero-order valence-electron chi connectivity index (χ0n) is 16.5. The van der Waals surface area contributed by atoms with Gasteiger partial charge in [-0.05, 0) is 32.0 Å². The number of morpholine rings is 1. The van der Waals surface area contributed by atoms with Crippen molar-refractivity contribution in [1.29, 1.82) is 0 Å². The van der Waals surface area contributed by atoms with Gasteiger partial charge in [-0.2, -0.15) is 0 Å². The highest BCUT2D eigenvalue weighted by molar-refractivity contribution is 8.00. The Labute approximate surface area is 181 Å². The number of nitrogens with one attached hydrogen (secondary N) is 3. The van der Waals surface area contributed by atoms with Gasteiger partial charge in [0.05, 0.1) is 29.8 Å². The van der Waals surface area contributed by atoms with E-state index in [0.717, 1.165) is 23.1 Å². The summed E-state index contributed by atoms with van der Waals surface area (Å²) in [5, 5.41) is 3.38. The third-order valence-corrected chi connectivity index (χ3v) is 7.13. The summed E-state index contributed by atoms with van der Waals surface area (Å²) in [7, 11) is 0. The van der Waals surface area contributed by atoms with Crippen molar-refractivity contribution in [1.82, 2.24) is 15.8 Å². The molecule has 0 bridgehead atoms. The van der Waals surface area contributed by atoms with Crippen LogP contribution in [0.1, 0.15) is 32.6 Å². The molecular formula is C19H21N5O4S2. The normalized spacial score (nSPS) is 18.4. The van der Waals surface area contributed by atoms with E-state index in [1.165, 1.54) is 23.1 Å². The lowest BCUT2D eigenvalue weighted by Gasteiger charge is -2.25. The van der Waals surface area contributed by atoms with Crippen LogP contribution in [0.2, 0.25) is 0 Å². The number of anilines is 2. The van der Waals surface area contributed by atoms with Crippen molar-refractivity contribution < 1.29 is 19.1 Å². The number of benzene rings is 1. The zero-order valence-corrected chi connectivity index (χ0v) is 18.1. The Kier molecular flexibility index (Phi) is 5.93. The first-order valence-corrected chi connectivity index (χ1v) is 11.1. The van der Waals surface area contributed by atoms with Crippen LogP contribution in [0.25, 0.3) is 0 Å². The van der Waals surface area contributed by atoms with Gasteiger partial charge in [0.2, 0.25) is 5.91 Å². The number of hydrazine groups is 1. The lowest BCUT2D eigenvalue weighted by molar-refractivity contribution is -0.115. The Hall–Kier alpha value is -2.63. The first-order valence-electron chi connectivity index (χ1n) is 9.45. The molecule has 3 N–H and O–H groups in total. The number of hydrogen-bond donors (Lipinski definition) is 3. The van der Waals surface area contributed by atoms with E-state index in [-0.39, 0.29) is 11.2 Å². The summed E-state index contributed by atoms with van der Waals surface area (Å²) >= 11 is 2.73. The van der Waals surface area contributed by atoms with E-state index in [1.807, 2.05) is 6.92 Å². The minimum absolute atomic E-state index is 0.102. The number of hydrogen-bond acceptors (Lipinski definition) is 8. The van der Waals surface area contributed by atoms with Crippen LogP contribution in [-0.4, -0.2) is 54.3 Å². The van der Waals surface area contributed by atoms with Gasteiger partial charge in [0.1, 0.15) is 4.88 Å². The highest BCUT2D eigenvalue weighted by Crippen LogP contribution is 2.35. The zero-order chi connectivity index (χ0) is 21.3. The van der Waals surface area contributed by atoms with Crippen LogP contribution in [-0.2, 0) is 9.53 Å². The molecule has 0 radical (unpaired) electrons. The molecule has 1 atom stereocenters. The third-order valence-electron chi connectivity index (χ3n) is 4.74. The van der Waals surface area contributed by atoms with Gasteiger partial charge in [0.15, 0.2) is 5.13 Å². The molecule has 1 aromatic heterocycles. The van der Waals surface area contributed by atoms with Crippen molar-refractivity contribution in [3.8, 4) is 0 Å². The fourth-order valence-corrected chi connectivity index (χ4v) is 5.02. The average molecular weight is 448 g/mol. The van der Waals surface area contributed by atoms with Crippen LogP contribution < -0.4 is 21.1 Å². The van der Waals surface area contributed by atoms with Crippen LogP contribution in [0.3, 0.4) is 0 Å². The number of aromatic nitrogens is 1. The van der Waals surface area contributed by atoms with Gasteiger partial charge >= 0.3 is 0 Å². The number of thioether (sulfide) groups is 1. The Morgan fingerprint density at radius 2 is 1.97 bits per heavy atom. The van der Waals surface area contributed by atoms with E-state index in [0.29, 0.717) is 35.0 Å². The summed E-state index contributed by atoms with van der Waals surface area (Å²) in [6, 6.07) is 5.04. The lowest BCUT2D eigenvalue weighted by Crippen LogP contribution is -2.41. The molecule has 0 aliphatic carbocycles. The highest BCUT2D eigenvalue weighted by Gasteiger charge is 2.24. The number of fused-ring (bicyclic) bond motifs is 1. The van der Waals surface area contributed by atoms with E-state index in [1.54, 1.807) is 25.1 Å². The van der Waals surface area contributed by atoms with Gasteiger partial charge in [0, 0.05) is 23.5 Å². The largest absolute Gasteiger partial charge is 0.378 e. The minimum Gasteiger partial charge on any atom is -0.378 e. The molecule has 1 fully saturated rings. The predicted octanol–water partition coefficient (Wildman–Crippen LogP) is 1.80. The molecule has 158 valence electrons. The fraction of sp³-hybridized carbons (Fsp3) is 0.368. The van der Waals surface area contributed by atoms with Crippen LogP contribution in [0.5, 0.6) is 0 Å². The number of thiazole rings is 1. The van der Waals surface area contributed by atoms with Crippen molar-refractivity contribution in [2.24, 2.45) is 0 Å². The summed E-state index contributed by atoms with van der Waals surface area (Å²) < 4.78 is 5.34. The Morgan fingerprint density at radius 3 is 2.73 bits per heavy atom. The molecule has 9 nitrogen and oxygen atoms in total. The number of amides is 3. The second-order valence-corrected chi connectivity index (χ2v) is 9.24. The third kappa shape index (κ3) is 4.27. The molecule has 0 unspecified atom stereocenters. The van der Waals surface area contributed by atoms with Gasteiger partial charge in [-0.15, -0.1) is 11.8 Å². The minimum atomic E-state index is -0.473. The number of nitrogens with zero attached hydrogens (tertiary/aromatic N) is 2. The molecule has 3 heterocycles. The quantitative estimate of drug-likeness (QED) is 0.615. The summed E-state index contributed by atoms with van der Waals surface area (Å²) in [4.78, 5) is 44.8. The van der Waals surface area contributed by atoms with Gasteiger partial charge in [-0.25, -0.2) is 4.98 Å². The standard InChI is InChI=1S/C19H21N5O4S2/c1-10-15(30-19(20-10)24-5-7-28-8-6-24)18(27)23-22-17(26)12-3-4-14-13(9-12)21-16(25)11(2)29-14/h3-4,9,11H,5-8H2,1-2H3,(H,21,25)(H,22,26)(H,23,27)/t11-/m0/s1. The second kappa shape index (κ2) is 8.62. The first-order chi connectivity index (χ1) is 14.4. The molecule has 0 saturated carbocycles. The smallest absolute Gasteiger partial charge is 0.281 e. The van der Waals surface area contributed by atoms with Crippen LogP contribution in [0.15, 0.2) is 23.1 Å². The number of aryl methyl sites for hydroxylation is 1. The summed E-state index contributed by atoms with van der Waals surface area (Å²) in [5.41, 5.74) is 6.41. The molecule has 3 amide bonds. The Bertz CT molecular complexity index is 1000. The maximum absolute atomic E-state index is 12.6. The Morgan fingerprint density at radius 1 is 1.23 bits per heavy atom. The van der Waals surface area contributed by atoms with Gasteiger partial charge in [-0.1, -0.05) is 11.3 Å². The van der Waals surface area contributed by atoms with Gasteiger partial charge < -0.3 is 15.0 Å². The number of ether oxygens (including phenoxy) is 1. The molecule has 2 aliphatic heterocycles. The van der Waals surface area contributed by atoms with Crippen LogP contribution in [0, 0.1) is 6.92 Å². The maximum Gasteiger partial charge on any atom is 0.281 e. The summed E-state index contributed by atoms with van der Waals surface area (Å²) in [6.45, 7) is 6.32. The molecule has 1 aromatic carbocycles. The molecule has 2 aromatic rings.